The van der Waals surface area contributed by atoms with Crippen molar-refractivity contribution >= 4 is 17.6 Å². The van der Waals surface area contributed by atoms with Gasteiger partial charge in [-0.05, 0) is 25.1 Å². The van der Waals surface area contributed by atoms with Crippen LogP contribution in [0.4, 0.5) is 5.69 Å². The highest BCUT2D eigenvalue weighted by molar-refractivity contribution is 5.98. The topological polar surface area (TPSA) is 83.6 Å². The minimum absolute atomic E-state index is 0.0354. The average molecular weight is 406 g/mol. The first kappa shape index (κ1) is 19.7. The quantitative estimate of drug-likeness (QED) is 0.512. The SMILES string of the molecule is CCNC(=NCc1ccn(-c2ccccc2)n1)N1CCN(c2cnn(C)c2)C(=O)C1. The van der Waals surface area contributed by atoms with Gasteiger partial charge < -0.3 is 15.1 Å². The largest absolute Gasteiger partial charge is 0.356 e. The number of hydrogen-bond donors (Lipinski definition) is 1. The lowest BCUT2D eigenvalue weighted by molar-refractivity contribution is -0.120. The zero-order valence-electron chi connectivity index (χ0n) is 17.3. The third-order valence-corrected chi connectivity index (χ3v) is 4.91. The number of rotatable bonds is 5. The molecule has 0 atom stereocenters. The number of anilines is 1. The molecule has 0 bridgehead atoms. The van der Waals surface area contributed by atoms with E-state index in [2.05, 4.69) is 15.5 Å². The summed E-state index contributed by atoms with van der Waals surface area (Å²) in [6.45, 7) is 4.77. The number of aromatic nitrogens is 4. The van der Waals surface area contributed by atoms with Crippen molar-refractivity contribution in [1.82, 2.24) is 29.8 Å². The Hall–Kier alpha value is -3.62. The molecule has 2 aromatic heterocycles. The van der Waals surface area contributed by atoms with E-state index in [0.717, 1.165) is 29.6 Å². The van der Waals surface area contributed by atoms with Gasteiger partial charge >= 0.3 is 0 Å². The third kappa shape index (κ3) is 4.35. The molecule has 1 fully saturated rings. The van der Waals surface area contributed by atoms with Gasteiger partial charge in [0.25, 0.3) is 0 Å². The molecule has 3 aromatic rings. The Labute approximate surface area is 175 Å². The van der Waals surface area contributed by atoms with Crippen molar-refractivity contribution < 1.29 is 4.79 Å². The van der Waals surface area contributed by atoms with Gasteiger partial charge in [0.15, 0.2) is 5.96 Å². The summed E-state index contributed by atoms with van der Waals surface area (Å²) in [5, 5.41) is 12.1. The minimum Gasteiger partial charge on any atom is -0.356 e. The Bertz CT molecular complexity index is 1020. The zero-order valence-corrected chi connectivity index (χ0v) is 17.3. The summed E-state index contributed by atoms with van der Waals surface area (Å²) in [6.07, 6.45) is 5.51. The Morgan fingerprint density at radius 2 is 2.00 bits per heavy atom. The Kier molecular flexibility index (Phi) is 5.78. The van der Waals surface area contributed by atoms with Crippen molar-refractivity contribution in [1.29, 1.82) is 0 Å². The van der Waals surface area contributed by atoms with Crippen molar-refractivity contribution in [2.24, 2.45) is 12.0 Å². The number of para-hydroxylation sites is 1. The molecule has 0 spiro atoms. The zero-order chi connectivity index (χ0) is 20.9. The number of piperazine rings is 1. The molecule has 4 rings (SSSR count). The molecule has 3 heterocycles. The highest BCUT2D eigenvalue weighted by Crippen LogP contribution is 2.16. The first-order valence-electron chi connectivity index (χ1n) is 10.1. The molecule has 0 aliphatic carbocycles. The second-order valence-electron chi connectivity index (χ2n) is 7.10. The lowest BCUT2D eigenvalue weighted by atomic mass is 10.3. The number of nitrogens with one attached hydrogen (secondary N) is 1. The lowest BCUT2D eigenvalue weighted by Gasteiger charge is -2.35. The van der Waals surface area contributed by atoms with Crippen LogP contribution in [0.2, 0.25) is 0 Å². The van der Waals surface area contributed by atoms with Gasteiger partial charge in [-0.3, -0.25) is 9.48 Å². The maximum absolute atomic E-state index is 12.7. The van der Waals surface area contributed by atoms with Gasteiger partial charge in [0, 0.05) is 39.1 Å². The van der Waals surface area contributed by atoms with E-state index in [9.17, 15) is 4.79 Å². The number of nitrogens with zero attached hydrogens (tertiary/aromatic N) is 7. The molecule has 9 nitrogen and oxygen atoms in total. The molecular weight excluding hydrogens is 380 g/mol. The van der Waals surface area contributed by atoms with E-state index in [1.165, 1.54) is 0 Å². The number of carbonyl (C=O) groups is 1. The average Bonchev–Trinajstić information content (AvgIpc) is 3.41. The van der Waals surface area contributed by atoms with Gasteiger partial charge in [-0.2, -0.15) is 10.2 Å². The van der Waals surface area contributed by atoms with Crippen LogP contribution in [0.25, 0.3) is 5.69 Å². The van der Waals surface area contributed by atoms with Crippen molar-refractivity contribution in [3.8, 4) is 5.69 Å². The fourth-order valence-corrected chi connectivity index (χ4v) is 3.43. The van der Waals surface area contributed by atoms with Gasteiger partial charge in [0.1, 0.15) is 6.54 Å². The summed E-state index contributed by atoms with van der Waals surface area (Å²) in [5.41, 5.74) is 2.71. The van der Waals surface area contributed by atoms with E-state index < -0.39 is 0 Å². The molecule has 1 aliphatic rings. The van der Waals surface area contributed by atoms with Gasteiger partial charge in [-0.1, -0.05) is 18.2 Å². The predicted octanol–water partition coefficient (Wildman–Crippen LogP) is 1.42. The molecule has 1 saturated heterocycles. The summed E-state index contributed by atoms with van der Waals surface area (Å²) in [4.78, 5) is 21.2. The molecule has 1 N–H and O–H groups in total. The molecule has 9 heteroatoms. The standard InChI is InChI=1S/C21H26N8O/c1-3-22-21(23-13-17-9-10-29(25-17)18-7-5-4-6-8-18)27-11-12-28(20(30)16-27)19-14-24-26(2)15-19/h4-10,14-15H,3,11-13,16H2,1-2H3,(H,22,23). The molecule has 156 valence electrons. The summed E-state index contributed by atoms with van der Waals surface area (Å²) in [7, 11) is 1.85. The summed E-state index contributed by atoms with van der Waals surface area (Å²) in [6, 6.07) is 11.9. The predicted molar refractivity (Wildman–Crippen MR) is 116 cm³/mol. The Balaban J connectivity index is 1.43. The van der Waals surface area contributed by atoms with Crippen LogP contribution in [-0.2, 0) is 18.4 Å². The number of amides is 1. The van der Waals surface area contributed by atoms with Crippen LogP contribution >= 0.6 is 0 Å². The molecule has 0 radical (unpaired) electrons. The van der Waals surface area contributed by atoms with Crippen LogP contribution in [0, 0.1) is 0 Å². The number of carbonyl (C=O) groups excluding carboxylic acids is 1. The second kappa shape index (κ2) is 8.81. The molecule has 1 aliphatic heterocycles. The first-order valence-corrected chi connectivity index (χ1v) is 10.1. The first-order chi connectivity index (χ1) is 14.6. The summed E-state index contributed by atoms with van der Waals surface area (Å²) >= 11 is 0. The maximum Gasteiger partial charge on any atom is 0.246 e. The molecule has 0 unspecified atom stereocenters. The van der Waals surface area contributed by atoms with Gasteiger partial charge in [0.05, 0.1) is 29.8 Å². The van der Waals surface area contributed by atoms with Crippen LogP contribution in [0.1, 0.15) is 12.6 Å². The highest BCUT2D eigenvalue weighted by atomic mass is 16.2. The molecule has 30 heavy (non-hydrogen) atoms. The van der Waals surface area contributed by atoms with Crippen molar-refractivity contribution in [2.45, 2.75) is 13.5 Å². The van der Waals surface area contributed by atoms with Crippen molar-refractivity contribution in [3.63, 3.8) is 0 Å². The van der Waals surface area contributed by atoms with Gasteiger partial charge in [0.2, 0.25) is 5.91 Å². The summed E-state index contributed by atoms with van der Waals surface area (Å²) in [5.74, 6) is 0.763. The monoisotopic (exact) mass is 406 g/mol. The Morgan fingerprint density at radius 3 is 2.70 bits per heavy atom. The molecule has 0 saturated carbocycles. The van der Waals surface area contributed by atoms with E-state index in [-0.39, 0.29) is 12.5 Å². The van der Waals surface area contributed by atoms with E-state index >= 15 is 0 Å². The number of hydrogen-bond acceptors (Lipinski definition) is 4. The van der Waals surface area contributed by atoms with Crippen molar-refractivity contribution in [2.75, 3.05) is 31.1 Å². The number of benzene rings is 1. The molecular formula is C21H26N8O. The smallest absolute Gasteiger partial charge is 0.246 e. The fraction of sp³-hybridized carbons (Fsp3) is 0.333. The van der Waals surface area contributed by atoms with E-state index in [0.29, 0.717) is 19.6 Å². The van der Waals surface area contributed by atoms with Gasteiger partial charge in [-0.15, -0.1) is 0 Å². The fourth-order valence-electron chi connectivity index (χ4n) is 3.43. The minimum atomic E-state index is 0.0354. The normalized spacial score (nSPS) is 15.0. The summed E-state index contributed by atoms with van der Waals surface area (Å²) < 4.78 is 3.54. The van der Waals surface area contributed by atoms with Crippen LogP contribution in [0.15, 0.2) is 60.0 Å². The third-order valence-electron chi connectivity index (χ3n) is 4.91. The highest BCUT2D eigenvalue weighted by Gasteiger charge is 2.27. The van der Waals surface area contributed by atoms with E-state index in [4.69, 9.17) is 4.99 Å². The van der Waals surface area contributed by atoms with E-state index in [1.54, 1.807) is 15.8 Å². The van der Waals surface area contributed by atoms with E-state index in [1.807, 2.05) is 72.3 Å². The lowest BCUT2D eigenvalue weighted by Crippen LogP contribution is -2.55. The van der Waals surface area contributed by atoms with Crippen LogP contribution in [0.3, 0.4) is 0 Å². The number of aliphatic imine (C=N–C) groups is 1. The van der Waals surface area contributed by atoms with Crippen LogP contribution in [0.5, 0.6) is 0 Å². The second-order valence-corrected chi connectivity index (χ2v) is 7.10. The molecule has 1 aromatic carbocycles. The number of guanidine groups is 1. The van der Waals surface area contributed by atoms with Gasteiger partial charge in [-0.25, -0.2) is 9.67 Å². The van der Waals surface area contributed by atoms with Crippen LogP contribution in [-0.4, -0.2) is 62.5 Å². The maximum atomic E-state index is 12.7. The van der Waals surface area contributed by atoms with Crippen molar-refractivity contribution in [3.05, 3.63) is 60.7 Å². The Morgan fingerprint density at radius 1 is 1.17 bits per heavy atom. The molecule has 1 amide bonds. The number of aryl methyl sites for hydroxylation is 1. The van der Waals surface area contributed by atoms with Crippen LogP contribution < -0.4 is 10.2 Å².